The zero-order chi connectivity index (χ0) is 18.7. The highest BCUT2D eigenvalue weighted by Crippen LogP contribution is 2.25. The first-order valence-corrected chi connectivity index (χ1v) is 9.04. The SMILES string of the molecule is Cc1cnn(CC(=O)N2CCC(O)(COc3ccc(C)c(C)c3)CC2)c1. The normalized spacial score (nSPS) is 16.5. The fourth-order valence-electron chi connectivity index (χ4n) is 3.13. The molecule has 1 saturated heterocycles. The Bertz CT molecular complexity index is 776. The highest BCUT2D eigenvalue weighted by Gasteiger charge is 2.34. The fourth-order valence-corrected chi connectivity index (χ4v) is 3.13. The molecular formula is C20H27N3O3. The number of likely N-dealkylation sites (tertiary alicyclic amines) is 1. The molecule has 1 fully saturated rings. The van der Waals surface area contributed by atoms with E-state index in [0.29, 0.717) is 25.9 Å². The van der Waals surface area contributed by atoms with Crippen molar-refractivity contribution >= 4 is 5.91 Å². The average Bonchev–Trinajstić information content (AvgIpc) is 3.01. The first-order valence-electron chi connectivity index (χ1n) is 9.04. The number of hydrogen-bond donors (Lipinski definition) is 1. The van der Waals surface area contributed by atoms with Gasteiger partial charge in [-0.1, -0.05) is 6.07 Å². The highest BCUT2D eigenvalue weighted by molar-refractivity contribution is 5.76. The Labute approximate surface area is 154 Å². The van der Waals surface area contributed by atoms with Crippen molar-refractivity contribution in [1.82, 2.24) is 14.7 Å². The maximum atomic E-state index is 12.4. The lowest BCUT2D eigenvalue weighted by Gasteiger charge is -2.38. The predicted molar refractivity (Wildman–Crippen MR) is 99.1 cm³/mol. The van der Waals surface area contributed by atoms with Crippen LogP contribution in [0.1, 0.15) is 29.5 Å². The van der Waals surface area contributed by atoms with E-state index in [0.717, 1.165) is 11.3 Å². The topological polar surface area (TPSA) is 67.6 Å². The van der Waals surface area contributed by atoms with Gasteiger partial charge in [-0.25, -0.2) is 0 Å². The van der Waals surface area contributed by atoms with Crippen molar-refractivity contribution in [2.75, 3.05) is 19.7 Å². The molecule has 0 unspecified atom stereocenters. The number of piperidine rings is 1. The molecule has 2 heterocycles. The number of aromatic nitrogens is 2. The summed E-state index contributed by atoms with van der Waals surface area (Å²) in [6, 6.07) is 5.94. The van der Waals surface area contributed by atoms with Gasteiger partial charge in [-0.05, 0) is 62.4 Å². The molecule has 0 radical (unpaired) electrons. The van der Waals surface area contributed by atoms with Crippen molar-refractivity contribution in [2.24, 2.45) is 0 Å². The van der Waals surface area contributed by atoms with Crippen molar-refractivity contribution in [1.29, 1.82) is 0 Å². The molecule has 0 atom stereocenters. The van der Waals surface area contributed by atoms with Crippen molar-refractivity contribution in [3.63, 3.8) is 0 Å². The Kier molecular flexibility index (Phi) is 5.32. The second kappa shape index (κ2) is 7.50. The Morgan fingerprint density at radius 2 is 1.96 bits per heavy atom. The van der Waals surface area contributed by atoms with Gasteiger partial charge in [0.25, 0.3) is 0 Å². The van der Waals surface area contributed by atoms with E-state index in [4.69, 9.17) is 4.74 Å². The van der Waals surface area contributed by atoms with Gasteiger partial charge in [0.05, 0.1) is 6.20 Å². The first kappa shape index (κ1) is 18.5. The number of carbonyl (C=O) groups excluding carboxylic acids is 1. The zero-order valence-corrected chi connectivity index (χ0v) is 15.7. The molecule has 1 aromatic heterocycles. The van der Waals surface area contributed by atoms with Crippen LogP contribution in [-0.4, -0.2) is 51.0 Å². The van der Waals surface area contributed by atoms with Crippen LogP contribution in [0.5, 0.6) is 5.75 Å². The van der Waals surface area contributed by atoms with Crippen LogP contribution < -0.4 is 4.74 Å². The molecule has 2 aromatic rings. The quantitative estimate of drug-likeness (QED) is 0.891. The van der Waals surface area contributed by atoms with Gasteiger partial charge in [0.2, 0.25) is 5.91 Å². The second-order valence-electron chi connectivity index (χ2n) is 7.36. The highest BCUT2D eigenvalue weighted by atomic mass is 16.5. The third-order valence-electron chi connectivity index (χ3n) is 5.09. The number of amides is 1. The Hall–Kier alpha value is -2.34. The van der Waals surface area contributed by atoms with Gasteiger partial charge >= 0.3 is 0 Å². The molecule has 3 rings (SSSR count). The largest absolute Gasteiger partial charge is 0.491 e. The number of carbonyl (C=O) groups is 1. The van der Waals surface area contributed by atoms with Gasteiger partial charge in [-0.3, -0.25) is 9.48 Å². The minimum absolute atomic E-state index is 0.0326. The van der Waals surface area contributed by atoms with Crippen LogP contribution in [0.25, 0.3) is 0 Å². The summed E-state index contributed by atoms with van der Waals surface area (Å²) < 4.78 is 7.46. The number of ether oxygens (including phenoxy) is 1. The lowest BCUT2D eigenvalue weighted by atomic mass is 9.92. The summed E-state index contributed by atoms with van der Waals surface area (Å²) in [5, 5.41) is 14.9. The van der Waals surface area contributed by atoms with Gasteiger partial charge in [-0.15, -0.1) is 0 Å². The monoisotopic (exact) mass is 357 g/mol. The van der Waals surface area contributed by atoms with E-state index in [1.165, 1.54) is 11.1 Å². The minimum atomic E-state index is -0.891. The van der Waals surface area contributed by atoms with E-state index in [1.807, 2.05) is 38.2 Å². The molecule has 26 heavy (non-hydrogen) atoms. The smallest absolute Gasteiger partial charge is 0.244 e. The first-order chi connectivity index (χ1) is 12.3. The summed E-state index contributed by atoms with van der Waals surface area (Å²) in [6.45, 7) is 7.61. The van der Waals surface area contributed by atoms with Gasteiger partial charge in [-0.2, -0.15) is 5.10 Å². The molecule has 1 N–H and O–H groups in total. The van der Waals surface area contributed by atoms with Gasteiger partial charge in [0.15, 0.2) is 0 Å². The van der Waals surface area contributed by atoms with E-state index in [-0.39, 0.29) is 19.1 Å². The number of hydrogen-bond acceptors (Lipinski definition) is 4. The molecule has 0 aliphatic carbocycles. The molecule has 1 aromatic carbocycles. The summed E-state index contributed by atoms with van der Waals surface area (Å²) >= 11 is 0. The Morgan fingerprint density at radius 3 is 2.58 bits per heavy atom. The number of nitrogens with zero attached hydrogens (tertiary/aromatic N) is 3. The van der Waals surface area contributed by atoms with Crippen LogP contribution in [0.3, 0.4) is 0 Å². The lowest BCUT2D eigenvalue weighted by Crippen LogP contribution is -2.50. The van der Waals surface area contributed by atoms with Crippen molar-refractivity contribution in [3.05, 3.63) is 47.3 Å². The number of aliphatic hydroxyl groups is 1. The standard InChI is InChI=1S/C20H27N3O3/c1-15-11-21-23(12-15)13-19(24)22-8-6-20(25,7-9-22)14-26-18-5-4-16(2)17(3)10-18/h4-5,10-12,25H,6-9,13-14H2,1-3H3. The van der Waals surface area contributed by atoms with E-state index < -0.39 is 5.60 Å². The van der Waals surface area contributed by atoms with E-state index in [2.05, 4.69) is 12.0 Å². The predicted octanol–water partition coefficient (Wildman–Crippen LogP) is 2.24. The zero-order valence-electron chi connectivity index (χ0n) is 15.7. The summed E-state index contributed by atoms with van der Waals surface area (Å²) in [5.74, 6) is 0.805. The molecule has 6 heteroatoms. The molecule has 0 bridgehead atoms. The molecule has 1 aliphatic rings. The van der Waals surface area contributed by atoms with Crippen molar-refractivity contribution in [3.8, 4) is 5.75 Å². The van der Waals surface area contributed by atoms with Crippen LogP contribution in [0.4, 0.5) is 0 Å². The molecule has 0 spiro atoms. The van der Waals surface area contributed by atoms with Crippen LogP contribution in [0.15, 0.2) is 30.6 Å². The molecule has 140 valence electrons. The maximum Gasteiger partial charge on any atom is 0.244 e. The van der Waals surface area contributed by atoms with Crippen LogP contribution in [0, 0.1) is 20.8 Å². The molecule has 1 aliphatic heterocycles. The number of aryl methyl sites for hydroxylation is 3. The van der Waals surface area contributed by atoms with Crippen LogP contribution >= 0.6 is 0 Å². The third-order valence-corrected chi connectivity index (χ3v) is 5.09. The third kappa shape index (κ3) is 4.43. The maximum absolute atomic E-state index is 12.4. The number of benzene rings is 1. The number of rotatable bonds is 5. The van der Waals surface area contributed by atoms with Crippen molar-refractivity contribution < 1.29 is 14.6 Å². The summed E-state index contributed by atoms with van der Waals surface area (Å²) in [5.41, 5.74) is 2.53. The van der Waals surface area contributed by atoms with Gasteiger partial charge in [0.1, 0.15) is 24.5 Å². The molecule has 6 nitrogen and oxygen atoms in total. The van der Waals surface area contributed by atoms with E-state index >= 15 is 0 Å². The summed E-state index contributed by atoms with van der Waals surface area (Å²) in [4.78, 5) is 14.2. The second-order valence-corrected chi connectivity index (χ2v) is 7.36. The Balaban J connectivity index is 1.50. The fraction of sp³-hybridized carbons (Fsp3) is 0.500. The lowest BCUT2D eigenvalue weighted by molar-refractivity contribution is -0.137. The van der Waals surface area contributed by atoms with Gasteiger partial charge < -0.3 is 14.7 Å². The Morgan fingerprint density at radius 1 is 1.23 bits per heavy atom. The molecule has 0 saturated carbocycles. The summed E-state index contributed by atoms with van der Waals surface area (Å²) in [7, 11) is 0. The molecular weight excluding hydrogens is 330 g/mol. The average molecular weight is 357 g/mol. The van der Waals surface area contributed by atoms with Gasteiger partial charge in [0, 0.05) is 19.3 Å². The van der Waals surface area contributed by atoms with E-state index in [9.17, 15) is 9.90 Å². The van der Waals surface area contributed by atoms with Crippen LogP contribution in [-0.2, 0) is 11.3 Å². The molecule has 1 amide bonds. The van der Waals surface area contributed by atoms with Crippen LogP contribution in [0.2, 0.25) is 0 Å². The van der Waals surface area contributed by atoms with E-state index in [1.54, 1.807) is 15.8 Å². The minimum Gasteiger partial charge on any atom is -0.491 e. The summed E-state index contributed by atoms with van der Waals surface area (Å²) in [6.07, 6.45) is 4.63. The van der Waals surface area contributed by atoms with Crippen molar-refractivity contribution in [2.45, 2.75) is 45.8 Å².